The van der Waals surface area contributed by atoms with E-state index in [1.807, 2.05) is 0 Å². The molecule has 1 N–H and O–H groups in total. The number of pyridine rings is 1. The highest BCUT2D eigenvalue weighted by molar-refractivity contribution is 7.86. The molecular weight excluding hydrogens is 416 g/mol. The average molecular weight is 434 g/mol. The fourth-order valence-electron chi connectivity index (χ4n) is 3.10. The highest BCUT2D eigenvalue weighted by Gasteiger charge is 2.43. The molecular formula is C17H18F4N4O3S. The lowest BCUT2D eigenvalue weighted by molar-refractivity contribution is -0.141. The van der Waals surface area contributed by atoms with Gasteiger partial charge in [-0.15, -0.1) is 0 Å². The standard InChI is InChI=1S/C17H18F4N4O3S/c1-16(18,29(27)12-2-3-13(22-10-12)17(19,20)21)11-4-7-25(8-5-11)15(26)23-14-6-9-28-24-14/h2-3,6,9-11H,4-5,7-8H2,1H3,(H,23,24,26)/t16-,29?/m1/s1. The van der Waals surface area contributed by atoms with Crippen molar-refractivity contribution in [3.63, 3.8) is 0 Å². The number of aromatic nitrogens is 2. The average Bonchev–Trinajstić information content (AvgIpc) is 3.20. The number of hydrogen-bond donors (Lipinski definition) is 1. The number of hydrogen-bond acceptors (Lipinski definition) is 5. The largest absolute Gasteiger partial charge is 0.433 e. The van der Waals surface area contributed by atoms with Crippen LogP contribution in [0.2, 0.25) is 0 Å². The van der Waals surface area contributed by atoms with Crippen LogP contribution in [0.1, 0.15) is 25.5 Å². The summed E-state index contributed by atoms with van der Waals surface area (Å²) < 4.78 is 70.4. The van der Waals surface area contributed by atoms with Crippen LogP contribution in [-0.4, -0.2) is 43.4 Å². The topological polar surface area (TPSA) is 88.3 Å². The summed E-state index contributed by atoms with van der Waals surface area (Å²) in [7, 11) is -2.21. The number of halogens is 4. The maximum absolute atomic E-state index is 15.3. The van der Waals surface area contributed by atoms with Crippen molar-refractivity contribution in [3.8, 4) is 0 Å². The van der Waals surface area contributed by atoms with Crippen LogP contribution < -0.4 is 5.32 Å². The van der Waals surface area contributed by atoms with Gasteiger partial charge in [0.05, 0.1) is 15.7 Å². The number of carbonyl (C=O) groups is 1. The van der Waals surface area contributed by atoms with Crippen LogP contribution in [0.3, 0.4) is 0 Å². The van der Waals surface area contributed by atoms with Gasteiger partial charge < -0.3 is 9.42 Å². The van der Waals surface area contributed by atoms with Crippen molar-refractivity contribution >= 4 is 22.6 Å². The second-order valence-corrected chi connectivity index (χ2v) is 8.51. The zero-order valence-corrected chi connectivity index (χ0v) is 16.1. The quantitative estimate of drug-likeness (QED) is 0.739. The van der Waals surface area contributed by atoms with Crippen molar-refractivity contribution in [1.29, 1.82) is 0 Å². The fourth-order valence-corrected chi connectivity index (χ4v) is 4.44. The Labute approximate surface area is 165 Å². The first-order chi connectivity index (χ1) is 13.6. The molecule has 0 spiro atoms. The Morgan fingerprint density at radius 1 is 1.24 bits per heavy atom. The maximum Gasteiger partial charge on any atom is 0.433 e. The molecule has 0 bridgehead atoms. The minimum absolute atomic E-state index is 0.116. The van der Waals surface area contributed by atoms with Gasteiger partial charge >= 0.3 is 12.2 Å². The molecule has 0 radical (unpaired) electrons. The highest BCUT2D eigenvalue weighted by Crippen LogP contribution is 2.37. The Bertz CT molecular complexity index is 864. The molecule has 1 saturated heterocycles. The Kier molecular flexibility index (Phi) is 5.92. The smallest absolute Gasteiger partial charge is 0.363 e. The fraction of sp³-hybridized carbons (Fsp3) is 0.471. The van der Waals surface area contributed by atoms with Crippen LogP contribution in [-0.2, 0) is 17.0 Å². The predicted molar refractivity (Wildman–Crippen MR) is 95.0 cm³/mol. The number of amides is 2. The van der Waals surface area contributed by atoms with Gasteiger partial charge in [0, 0.05) is 31.3 Å². The predicted octanol–water partition coefficient (Wildman–Crippen LogP) is 3.83. The van der Waals surface area contributed by atoms with Crippen LogP contribution in [0.25, 0.3) is 0 Å². The number of carbonyl (C=O) groups excluding carboxylic acids is 1. The summed E-state index contributed by atoms with van der Waals surface area (Å²) in [6.07, 6.45) is -2.03. The lowest BCUT2D eigenvalue weighted by Crippen LogP contribution is -2.46. The van der Waals surface area contributed by atoms with Crippen LogP contribution >= 0.6 is 0 Å². The number of urea groups is 1. The van der Waals surface area contributed by atoms with E-state index in [9.17, 15) is 22.2 Å². The highest BCUT2D eigenvalue weighted by atomic mass is 32.2. The molecule has 3 heterocycles. The van der Waals surface area contributed by atoms with E-state index in [1.54, 1.807) is 0 Å². The number of alkyl halides is 4. The third kappa shape index (κ3) is 4.74. The molecule has 12 heteroatoms. The zero-order valence-electron chi connectivity index (χ0n) is 15.3. The Morgan fingerprint density at radius 2 is 1.93 bits per heavy atom. The summed E-state index contributed by atoms with van der Waals surface area (Å²) in [5.41, 5.74) is -1.13. The van der Waals surface area contributed by atoms with Gasteiger partial charge in [-0.2, -0.15) is 13.2 Å². The van der Waals surface area contributed by atoms with Crippen LogP contribution in [0.4, 0.5) is 28.2 Å². The number of nitrogens with zero attached hydrogens (tertiary/aromatic N) is 3. The number of anilines is 1. The summed E-state index contributed by atoms with van der Waals surface area (Å²) in [6.45, 7) is 1.63. The van der Waals surface area contributed by atoms with E-state index in [4.69, 9.17) is 0 Å². The first-order valence-corrected chi connectivity index (χ1v) is 9.84. The minimum atomic E-state index is -4.63. The van der Waals surface area contributed by atoms with Crippen molar-refractivity contribution < 1.29 is 31.1 Å². The molecule has 2 atom stereocenters. The van der Waals surface area contributed by atoms with E-state index in [-0.39, 0.29) is 36.6 Å². The molecule has 1 unspecified atom stereocenters. The SMILES string of the molecule is C[C@](F)(C1CCN(C(=O)Nc2ccon2)CC1)S(=O)c1ccc(C(F)(F)F)nc1. The summed E-state index contributed by atoms with van der Waals surface area (Å²) in [6, 6.07) is 2.72. The van der Waals surface area contributed by atoms with Gasteiger partial charge in [-0.3, -0.25) is 14.5 Å². The Hall–Kier alpha value is -2.50. The third-order valence-corrected chi connectivity index (χ3v) is 6.52. The Morgan fingerprint density at radius 3 is 2.45 bits per heavy atom. The van der Waals surface area contributed by atoms with Gasteiger partial charge in [0.1, 0.15) is 12.0 Å². The van der Waals surface area contributed by atoms with Gasteiger partial charge in [-0.1, -0.05) is 5.16 Å². The summed E-state index contributed by atoms with van der Waals surface area (Å²) in [5.74, 6) is -0.384. The first-order valence-electron chi connectivity index (χ1n) is 8.69. The van der Waals surface area contributed by atoms with Crippen molar-refractivity contribution in [3.05, 3.63) is 36.4 Å². The lowest BCUT2D eigenvalue weighted by Gasteiger charge is -2.37. The third-order valence-electron chi connectivity index (χ3n) is 4.79. The Balaban J connectivity index is 1.61. The van der Waals surface area contributed by atoms with Crippen molar-refractivity contribution in [2.75, 3.05) is 18.4 Å². The van der Waals surface area contributed by atoms with Gasteiger partial charge in [0.15, 0.2) is 10.8 Å². The minimum Gasteiger partial charge on any atom is -0.363 e. The second-order valence-electron chi connectivity index (χ2n) is 6.71. The van der Waals surface area contributed by atoms with Crippen LogP contribution in [0.5, 0.6) is 0 Å². The number of nitrogens with one attached hydrogen (secondary N) is 1. The molecule has 1 aliphatic rings. The molecule has 29 heavy (non-hydrogen) atoms. The van der Waals surface area contributed by atoms with Crippen LogP contribution in [0, 0.1) is 5.92 Å². The maximum atomic E-state index is 15.3. The van der Waals surface area contributed by atoms with E-state index < -0.39 is 39.6 Å². The van der Waals surface area contributed by atoms with E-state index in [0.29, 0.717) is 6.07 Å². The summed E-state index contributed by atoms with van der Waals surface area (Å²) >= 11 is 0. The van der Waals surface area contributed by atoms with E-state index in [0.717, 1.165) is 19.2 Å². The van der Waals surface area contributed by atoms with Crippen molar-refractivity contribution in [1.82, 2.24) is 15.0 Å². The molecule has 0 aliphatic carbocycles. The van der Waals surface area contributed by atoms with Gasteiger partial charge in [0.2, 0.25) is 0 Å². The number of rotatable bonds is 4. The lowest BCUT2D eigenvalue weighted by atomic mass is 9.92. The van der Waals surface area contributed by atoms with Gasteiger partial charge in [0.25, 0.3) is 0 Å². The molecule has 2 aromatic rings. The van der Waals surface area contributed by atoms with Gasteiger partial charge in [-0.05, 0) is 31.9 Å². The molecule has 158 valence electrons. The second kappa shape index (κ2) is 8.09. The molecule has 3 rings (SSSR count). The summed E-state index contributed by atoms with van der Waals surface area (Å²) in [5, 5.41) is 3.93. The van der Waals surface area contributed by atoms with E-state index in [2.05, 4.69) is 20.0 Å². The van der Waals surface area contributed by atoms with Crippen molar-refractivity contribution in [2.24, 2.45) is 5.92 Å². The molecule has 1 fully saturated rings. The number of piperidine rings is 1. The van der Waals surface area contributed by atoms with E-state index in [1.165, 1.54) is 17.2 Å². The molecule has 0 saturated carbocycles. The normalized spacial score (nSPS) is 18.9. The molecule has 1 aliphatic heterocycles. The summed E-state index contributed by atoms with van der Waals surface area (Å²) in [4.78, 5) is 16.8. The zero-order chi connectivity index (χ0) is 21.2. The first kappa shape index (κ1) is 21.2. The van der Waals surface area contributed by atoms with E-state index >= 15 is 4.39 Å². The number of likely N-dealkylation sites (tertiary alicyclic amines) is 1. The van der Waals surface area contributed by atoms with Gasteiger partial charge in [-0.25, -0.2) is 9.18 Å². The molecule has 2 amide bonds. The molecule has 2 aromatic heterocycles. The molecule has 7 nitrogen and oxygen atoms in total. The monoisotopic (exact) mass is 434 g/mol. The van der Waals surface area contributed by atoms with Crippen LogP contribution in [0.15, 0.2) is 40.1 Å². The van der Waals surface area contributed by atoms with Crippen molar-refractivity contribution in [2.45, 2.75) is 35.8 Å². The molecule has 0 aromatic carbocycles.